The lowest BCUT2D eigenvalue weighted by molar-refractivity contribution is 0.612. The van der Waals surface area contributed by atoms with Crippen LogP contribution >= 0.6 is 11.8 Å². The van der Waals surface area contributed by atoms with Crippen LogP contribution in [0, 0.1) is 5.82 Å². The number of halogens is 1. The summed E-state index contributed by atoms with van der Waals surface area (Å²) in [6.07, 6.45) is 1.43. The second-order valence-corrected chi connectivity index (χ2v) is 6.03. The average Bonchev–Trinajstić information content (AvgIpc) is 3.10. The van der Waals surface area contributed by atoms with Gasteiger partial charge in [-0.15, -0.1) is 15.3 Å². The third-order valence-electron chi connectivity index (χ3n) is 3.57. The number of hydrogen-bond acceptors (Lipinski definition) is 6. The van der Waals surface area contributed by atoms with E-state index in [0.717, 1.165) is 0 Å². The largest absolute Gasteiger partial charge is 0.278 e. The van der Waals surface area contributed by atoms with Crippen LogP contribution in [0.5, 0.6) is 0 Å². The van der Waals surface area contributed by atoms with Crippen molar-refractivity contribution in [2.24, 2.45) is 0 Å². The predicted molar refractivity (Wildman–Crippen MR) is 91.0 cm³/mol. The molecule has 2 aromatic heterocycles. The van der Waals surface area contributed by atoms with Gasteiger partial charge in [0.1, 0.15) is 17.7 Å². The zero-order valence-corrected chi connectivity index (χ0v) is 13.6. The topological polar surface area (TPSA) is 78.5 Å². The maximum Gasteiger partial charge on any atom is 0.278 e. The minimum atomic E-state index is -0.383. The Morgan fingerprint density at radius 3 is 2.72 bits per heavy atom. The molecule has 0 atom stereocenters. The van der Waals surface area contributed by atoms with Crippen molar-refractivity contribution in [2.45, 2.75) is 11.0 Å². The zero-order chi connectivity index (χ0) is 17.2. The highest BCUT2D eigenvalue weighted by Gasteiger charge is 2.12. The van der Waals surface area contributed by atoms with Gasteiger partial charge >= 0.3 is 0 Å². The van der Waals surface area contributed by atoms with Gasteiger partial charge in [-0.05, 0) is 24.3 Å². The van der Waals surface area contributed by atoms with E-state index in [4.69, 9.17) is 0 Å². The summed E-state index contributed by atoms with van der Waals surface area (Å²) in [7, 11) is 0. The van der Waals surface area contributed by atoms with Crippen LogP contribution in [0.4, 0.5) is 4.39 Å². The van der Waals surface area contributed by atoms with Gasteiger partial charge < -0.3 is 0 Å². The number of rotatable bonds is 4. The second-order valence-electron chi connectivity index (χ2n) is 5.12. The van der Waals surface area contributed by atoms with Gasteiger partial charge in [0, 0.05) is 0 Å². The number of hydrogen-bond donors (Lipinski definition) is 0. The van der Waals surface area contributed by atoms with Crippen LogP contribution in [0.25, 0.3) is 16.6 Å². The molecule has 0 aliphatic carbocycles. The van der Waals surface area contributed by atoms with E-state index in [1.165, 1.54) is 33.4 Å². The van der Waals surface area contributed by atoms with Crippen LogP contribution in [-0.2, 0) is 5.88 Å². The lowest BCUT2D eigenvalue weighted by Gasteiger charge is -2.07. The number of benzene rings is 2. The maximum absolute atomic E-state index is 14.0. The van der Waals surface area contributed by atoms with Gasteiger partial charge in [0.05, 0.1) is 17.0 Å². The van der Waals surface area contributed by atoms with Gasteiger partial charge in [-0.25, -0.2) is 4.39 Å². The minimum absolute atomic E-state index is 0.184. The molecule has 0 spiro atoms. The van der Waals surface area contributed by atoms with Crippen molar-refractivity contribution in [2.75, 3.05) is 0 Å². The lowest BCUT2D eigenvalue weighted by Crippen LogP contribution is -2.23. The van der Waals surface area contributed by atoms with E-state index < -0.39 is 0 Å². The Hall–Kier alpha value is -3.07. The first-order valence-electron chi connectivity index (χ1n) is 7.34. The van der Waals surface area contributed by atoms with Gasteiger partial charge in [-0.2, -0.15) is 4.68 Å². The minimum Gasteiger partial charge on any atom is -0.274 e. The number of nitrogens with zero attached hydrogens (tertiary/aromatic N) is 6. The summed E-state index contributed by atoms with van der Waals surface area (Å²) < 4.78 is 16.7. The predicted octanol–water partition coefficient (Wildman–Crippen LogP) is 2.26. The molecule has 0 unspecified atom stereocenters. The fourth-order valence-electron chi connectivity index (χ4n) is 2.36. The molecule has 0 bridgehead atoms. The molecule has 124 valence electrons. The van der Waals surface area contributed by atoms with E-state index in [2.05, 4.69) is 20.5 Å². The maximum atomic E-state index is 14.0. The molecular formula is C16H11FN6OS. The molecule has 7 nitrogen and oxygen atoms in total. The Kier molecular flexibility index (Phi) is 3.98. The highest BCUT2D eigenvalue weighted by Crippen LogP contribution is 2.22. The third kappa shape index (κ3) is 2.89. The van der Waals surface area contributed by atoms with E-state index in [1.54, 1.807) is 42.5 Å². The quantitative estimate of drug-likeness (QED) is 0.523. The summed E-state index contributed by atoms with van der Waals surface area (Å²) in [5.74, 6) is -0.198. The normalized spacial score (nSPS) is 11.1. The Morgan fingerprint density at radius 2 is 1.84 bits per heavy atom. The van der Waals surface area contributed by atoms with Crippen molar-refractivity contribution in [3.8, 4) is 5.69 Å². The molecule has 0 saturated heterocycles. The van der Waals surface area contributed by atoms with E-state index in [-0.39, 0.29) is 17.3 Å². The summed E-state index contributed by atoms with van der Waals surface area (Å²) in [6, 6.07) is 13.3. The summed E-state index contributed by atoms with van der Waals surface area (Å²) in [5, 5.41) is 16.7. The Balaban J connectivity index is 1.63. The molecule has 4 aromatic rings. The zero-order valence-electron chi connectivity index (χ0n) is 12.8. The van der Waals surface area contributed by atoms with Crippen molar-refractivity contribution >= 4 is 22.7 Å². The van der Waals surface area contributed by atoms with Crippen molar-refractivity contribution in [1.82, 2.24) is 29.8 Å². The highest BCUT2D eigenvalue weighted by atomic mass is 32.2. The molecule has 2 heterocycles. The SMILES string of the molecule is O=c1c2ccccc2nnn1CSc1nncn1-c1ccccc1F. The third-order valence-corrected chi connectivity index (χ3v) is 4.48. The van der Waals surface area contributed by atoms with Crippen LogP contribution in [0.1, 0.15) is 0 Å². The van der Waals surface area contributed by atoms with E-state index in [1.807, 2.05) is 0 Å². The Labute approximate surface area is 145 Å². The molecule has 0 N–H and O–H groups in total. The Bertz CT molecular complexity index is 1110. The van der Waals surface area contributed by atoms with Gasteiger partial charge in [-0.1, -0.05) is 41.2 Å². The molecule has 0 amide bonds. The summed E-state index contributed by atoms with van der Waals surface area (Å²) in [4.78, 5) is 12.4. The molecule has 2 aromatic carbocycles. The first kappa shape index (κ1) is 15.5. The molecule has 0 saturated carbocycles. The molecule has 4 rings (SSSR count). The number of thioether (sulfide) groups is 1. The first-order valence-corrected chi connectivity index (χ1v) is 8.33. The molecule has 0 aliphatic heterocycles. The summed E-state index contributed by atoms with van der Waals surface area (Å²) >= 11 is 1.22. The van der Waals surface area contributed by atoms with E-state index in [0.29, 0.717) is 21.7 Å². The van der Waals surface area contributed by atoms with Crippen molar-refractivity contribution in [3.05, 3.63) is 71.0 Å². The van der Waals surface area contributed by atoms with Crippen LogP contribution < -0.4 is 5.56 Å². The molecule has 0 fully saturated rings. The van der Waals surface area contributed by atoms with Gasteiger partial charge in [0.15, 0.2) is 5.16 Å². The van der Waals surface area contributed by atoms with Crippen LogP contribution in [0.3, 0.4) is 0 Å². The molecule has 25 heavy (non-hydrogen) atoms. The van der Waals surface area contributed by atoms with Gasteiger partial charge in [-0.3, -0.25) is 9.36 Å². The molecule has 0 aliphatic rings. The van der Waals surface area contributed by atoms with Crippen LogP contribution in [0.2, 0.25) is 0 Å². The number of para-hydroxylation sites is 1. The second kappa shape index (κ2) is 6.44. The summed E-state index contributed by atoms with van der Waals surface area (Å²) in [5.41, 5.74) is 0.644. The fraction of sp³-hybridized carbons (Fsp3) is 0.0625. The van der Waals surface area contributed by atoms with E-state index >= 15 is 0 Å². The van der Waals surface area contributed by atoms with Crippen LogP contribution in [0.15, 0.2) is 64.8 Å². The van der Waals surface area contributed by atoms with E-state index in [9.17, 15) is 9.18 Å². The lowest BCUT2D eigenvalue weighted by atomic mass is 10.2. The molecule has 9 heteroatoms. The average molecular weight is 354 g/mol. The summed E-state index contributed by atoms with van der Waals surface area (Å²) in [6.45, 7) is 0. The van der Waals surface area contributed by atoms with Gasteiger partial charge in [0.25, 0.3) is 5.56 Å². The van der Waals surface area contributed by atoms with Crippen molar-refractivity contribution < 1.29 is 4.39 Å². The molecular weight excluding hydrogens is 343 g/mol. The van der Waals surface area contributed by atoms with Gasteiger partial charge in [0.2, 0.25) is 0 Å². The Morgan fingerprint density at radius 1 is 1.04 bits per heavy atom. The first-order chi connectivity index (χ1) is 12.2. The van der Waals surface area contributed by atoms with Crippen molar-refractivity contribution in [3.63, 3.8) is 0 Å². The number of fused-ring (bicyclic) bond motifs is 1. The fourth-order valence-corrected chi connectivity index (χ4v) is 3.16. The van der Waals surface area contributed by atoms with Crippen LogP contribution in [-0.4, -0.2) is 29.8 Å². The molecule has 0 radical (unpaired) electrons. The number of aromatic nitrogens is 6. The monoisotopic (exact) mass is 354 g/mol. The standard InChI is InChI=1S/C16H11FN6OS/c17-12-6-2-4-8-14(12)22-9-18-20-16(22)25-10-23-15(24)11-5-1-3-7-13(11)19-21-23/h1-9H,10H2. The smallest absolute Gasteiger partial charge is 0.274 e. The van der Waals surface area contributed by atoms with Crippen molar-refractivity contribution in [1.29, 1.82) is 0 Å². The highest BCUT2D eigenvalue weighted by molar-refractivity contribution is 7.98.